The Bertz CT molecular complexity index is 1380. The van der Waals surface area contributed by atoms with Crippen molar-refractivity contribution < 1.29 is 28.6 Å². The minimum Gasteiger partial charge on any atom is -0.462 e. The molecule has 0 N–H and O–H groups in total. The van der Waals surface area contributed by atoms with Gasteiger partial charge in [0.2, 0.25) is 0 Å². The first-order valence-corrected chi connectivity index (χ1v) is 35.6. The number of hydrogen-bond acceptors (Lipinski definition) is 6. The van der Waals surface area contributed by atoms with E-state index in [2.05, 4.69) is 69.4 Å². The summed E-state index contributed by atoms with van der Waals surface area (Å²) in [5.74, 6) is -0.867. The van der Waals surface area contributed by atoms with E-state index in [9.17, 15) is 14.4 Å². The van der Waals surface area contributed by atoms with E-state index in [0.29, 0.717) is 19.3 Å². The fraction of sp³-hybridized carbons (Fsp3) is 0.851. The predicted octanol–water partition coefficient (Wildman–Crippen LogP) is 24.5. The lowest BCUT2D eigenvalue weighted by Crippen LogP contribution is -2.30. The van der Waals surface area contributed by atoms with Crippen molar-refractivity contribution in [2.45, 2.75) is 393 Å². The Hall–Kier alpha value is -2.63. The van der Waals surface area contributed by atoms with Crippen LogP contribution in [0, 0.1) is 0 Å². The Morgan fingerprint density at radius 3 is 0.738 bits per heavy atom. The summed E-state index contributed by atoms with van der Waals surface area (Å²) >= 11 is 0. The minimum absolute atomic E-state index is 0.0759. The standard InChI is InChI=1S/C74H136O6/c1-4-7-10-13-16-19-22-25-28-31-33-34-35-36-37-38-39-41-43-46-49-52-55-58-61-64-67-73(76)79-70-71(69-78-72(75)66-63-60-57-54-51-48-45-42-30-27-24-21-18-15-12-9-6-3)80-74(77)68-65-62-59-56-53-50-47-44-40-32-29-26-23-20-17-14-11-8-5-2/h17,20,26-27,29-30,40,44,71H,4-16,18-19,21-25,28,31-39,41-43,45-70H2,1-3H3/b20-17-,29-26-,30-27-,44-40-. The second kappa shape index (κ2) is 68.9. The maximum atomic E-state index is 12.9. The van der Waals surface area contributed by atoms with Crippen molar-refractivity contribution in [3.8, 4) is 0 Å². The van der Waals surface area contributed by atoms with E-state index in [1.54, 1.807) is 0 Å². The van der Waals surface area contributed by atoms with E-state index in [0.717, 1.165) is 77.0 Å². The normalized spacial score (nSPS) is 12.3. The summed E-state index contributed by atoms with van der Waals surface area (Å²) in [6.45, 7) is 6.67. The highest BCUT2D eigenvalue weighted by Gasteiger charge is 2.19. The molecule has 0 saturated carbocycles. The Labute approximate surface area is 498 Å². The molecule has 468 valence electrons. The van der Waals surface area contributed by atoms with E-state index in [-0.39, 0.29) is 31.1 Å². The van der Waals surface area contributed by atoms with Crippen LogP contribution in [0.5, 0.6) is 0 Å². The maximum Gasteiger partial charge on any atom is 0.306 e. The number of esters is 3. The van der Waals surface area contributed by atoms with Gasteiger partial charge in [-0.1, -0.05) is 333 Å². The highest BCUT2D eigenvalue weighted by Crippen LogP contribution is 2.18. The van der Waals surface area contributed by atoms with E-state index in [4.69, 9.17) is 14.2 Å². The average molecular weight is 1120 g/mol. The second-order valence-corrected chi connectivity index (χ2v) is 24.1. The van der Waals surface area contributed by atoms with Gasteiger partial charge in [-0.25, -0.2) is 0 Å². The molecule has 6 heteroatoms. The number of carbonyl (C=O) groups is 3. The van der Waals surface area contributed by atoms with Gasteiger partial charge in [0.1, 0.15) is 13.2 Å². The zero-order valence-corrected chi connectivity index (χ0v) is 53.9. The van der Waals surface area contributed by atoms with Crippen molar-refractivity contribution in [1.29, 1.82) is 0 Å². The second-order valence-electron chi connectivity index (χ2n) is 24.1. The molecule has 0 aromatic heterocycles. The number of ether oxygens (including phenoxy) is 3. The van der Waals surface area contributed by atoms with Gasteiger partial charge in [-0.05, 0) is 83.5 Å². The molecule has 0 aliphatic rings. The van der Waals surface area contributed by atoms with Gasteiger partial charge in [0, 0.05) is 19.3 Å². The molecule has 0 bridgehead atoms. The summed E-state index contributed by atoms with van der Waals surface area (Å²) in [4.78, 5) is 38.5. The van der Waals surface area contributed by atoms with Gasteiger partial charge in [0.05, 0.1) is 0 Å². The molecule has 0 aromatic rings. The zero-order chi connectivity index (χ0) is 57.8. The first-order valence-electron chi connectivity index (χ1n) is 35.6. The Balaban J connectivity index is 4.29. The van der Waals surface area contributed by atoms with Gasteiger partial charge in [0.25, 0.3) is 0 Å². The van der Waals surface area contributed by atoms with Crippen molar-refractivity contribution >= 4 is 17.9 Å². The summed E-state index contributed by atoms with van der Waals surface area (Å²) in [6, 6.07) is 0. The molecule has 0 aliphatic heterocycles. The van der Waals surface area contributed by atoms with Gasteiger partial charge in [0.15, 0.2) is 6.10 Å². The lowest BCUT2D eigenvalue weighted by Gasteiger charge is -2.18. The molecule has 80 heavy (non-hydrogen) atoms. The van der Waals surface area contributed by atoms with Crippen LogP contribution in [0.15, 0.2) is 48.6 Å². The summed E-state index contributed by atoms with van der Waals surface area (Å²) in [6.07, 6.45) is 87.1. The topological polar surface area (TPSA) is 78.9 Å². The van der Waals surface area contributed by atoms with E-state index in [1.807, 2.05) is 0 Å². The zero-order valence-electron chi connectivity index (χ0n) is 53.9. The van der Waals surface area contributed by atoms with E-state index < -0.39 is 6.10 Å². The fourth-order valence-corrected chi connectivity index (χ4v) is 10.7. The lowest BCUT2D eigenvalue weighted by molar-refractivity contribution is -0.167. The molecule has 0 fully saturated rings. The Morgan fingerprint density at radius 2 is 0.450 bits per heavy atom. The fourth-order valence-electron chi connectivity index (χ4n) is 10.7. The van der Waals surface area contributed by atoms with Gasteiger partial charge in [-0.3, -0.25) is 14.4 Å². The number of hydrogen-bond donors (Lipinski definition) is 0. The molecule has 0 heterocycles. The van der Waals surface area contributed by atoms with Crippen molar-refractivity contribution in [1.82, 2.24) is 0 Å². The third-order valence-electron chi connectivity index (χ3n) is 16.1. The van der Waals surface area contributed by atoms with E-state index in [1.165, 1.54) is 270 Å². The Morgan fingerprint density at radius 1 is 0.250 bits per heavy atom. The molecule has 0 aromatic carbocycles. The van der Waals surface area contributed by atoms with Gasteiger partial charge >= 0.3 is 17.9 Å². The minimum atomic E-state index is -0.782. The average Bonchev–Trinajstić information content (AvgIpc) is 3.46. The SMILES string of the molecule is CCCCC/C=C\C/C=C\C/C=C\CCCCCCCCC(=O)OC(COC(=O)CCCCCCCCC/C=C\CCCCCCCC)COC(=O)CCCCCCCCCCCCCCCCCCCCCCCCCCCC. The van der Waals surface area contributed by atoms with Crippen LogP contribution in [0.4, 0.5) is 0 Å². The molecule has 0 rings (SSSR count). The number of rotatable bonds is 66. The van der Waals surface area contributed by atoms with Crippen molar-refractivity contribution in [2.24, 2.45) is 0 Å². The van der Waals surface area contributed by atoms with Gasteiger partial charge in [-0.15, -0.1) is 0 Å². The largest absolute Gasteiger partial charge is 0.462 e. The summed E-state index contributed by atoms with van der Waals surface area (Å²) < 4.78 is 17.0. The lowest BCUT2D eigenvalue weighted by atomic mass is 10.0. The maximum absolute atomic E-state index is 12.9. The molecule has 1 unspecified atom stereocenters. The van der Waals surface area contributed by atoms with Crippen LogP contribution in [-0.4, -0.2) is 37.2 Å². The van der Waals surface area contributed by atoms with E-state index >= 15 is 0 Å². The molecule has 0 aliphatic carbocycles. The molecule has 0 spiro atoms. The summed E-state index contributed by atoms with van der Waals surface area (Å²) in [7, 11) is 0. The Kier molecular flexibility index (Phi) is 66.6. The van der Waals surface area contributed by atoms with Crippen LogP contribution < -0.4 is 0 Å². The third kappa shape index (κ3) is 66.2. The van der Waals surface area contributed by atoms with Crippen LogP contribution in [0.3, 0.4) is 0 Å². The molecular formula is C74H136O6. The van der Waals surface area contributed by atoms with Crippen LogP contribution in [0.2, 0.25) is 0 Å². The van der Waals surface area contributed by atoms with Crippen LogP contribution in [0.25, 0.3) is 0 Å². The summed E-state index contributed by atoms with van der Waals surface area (Å²) in [5, 5.41) is 0. The van der Waals surface area contributed by atoms with Gasteiger partial charge in [-0.2, -0.15) is 0 Å². The number of unbranched alkanes of at least 4 members (excludes halogenated alkanes) is 47. The highest BCUT2D eigenvalue weighted by molar-refractivity contribution is 5.71. The predicted molar refractivity (Wildman–Crippen MR) is 349 cm³/mol. The third-order valence-corrected chi connectivity index (χ3v) is 16.1. The molecule has 0 amide bonds. The van der Waals surface area contributed by atoms with Crippen LogP contribution >= 0.6 is 0 Å². The first-order chi connectivity index (χ1) is 39.5. The highest BCUT2D eigenvalue weighted by atomic mass is 16.6. The number of carbonyl (C=O) groups excluding carboxylic acids is 3. The van der Waals surface area contributed by atoms with Gasteiger partial charge < -0.3 is 14.2 Å². The molecule has 1 atom stereocenters. The van der Waals surface area contributed by atoms with Crippen LogP contribution in [0.1, 0.15) is 387 Å². The summed E-state index contributed by atoms with van der Waals surface area (Å²) in [5.41, 5.74) is 0. The molecule has 6 nitrogen and oxygen atoms in total. The quantitative estimate of drug-likeness (QED) is 0.0261. The molecular weight excluding hydrogens is 985 g/mol. The molecule has 0 radical (unpaired) electrons. The molecule has 0 saturated heterocycles. The van der Waals surface area contributed by atoms with Crippen molar-refractivity contribution in [2.75, 3.05) is 13.2 Å². The smallest absolute Gasteiger partial charge is 0.306 e. The number of allylic oxidation sites excluding steroid dienone is 8. The first kappa shape index (κ1) is 77.4. The van der Waals surface area contributed by atoms with Crippen LogP contribution in [-0.2, 0) is 28.6 Å². The monoisotopic (exact) mass is 1120 g/mol. The van der Waals surface area contributed by atoms with Crippen molar-refractivity contribution in [3.63, 3.8) is 0 Å². The van der Waals surface area contributed by atoms with Crippen molar-refractivity contribution in [3.05, 3.63) is 48.6 Å².